The molecular formula is C31H24BrN3O4S2. The molecule has 3 aromatic heterocycles. The maximum absolute atomic E-state index is 14.0. The van der Waals surface area contributed by atoms with Crippen LogP contribution in [0.1, 0.15) is 23.3 Å². The van der Waals surface area contributed by atoms with E-state index in [-0.39, 0.29) is 17.2 Å². The molecular weight excluding hydrogens is 622 g/mol. The monoisotopic (exact) mass is 645 g/mol. The highest BCUT2D eigenvalue weighted by atomic mass is 79.9. The second kappa shape index (κ2) is 10.7. The Hall–Kier alpha value is -3.60. The average Bonchev–Trinajstić information content (AvgIpc) is 3.54. The van der Waals surface area contributed by atoms with Crippen LogP contribution in [0.25, 0.3) is 37.8 Å². The van der Waals surface area contributed by atoms with Gasteiger partial charge in [0, 0.05) is 26.2 Å². The van der Waals surface area contributed by atoms with E-state index >= 15 is 0 Å². The van der Waals surface area contributed by atoms with Crippen LogP contribution in [0, 0.1) is 0 Å². The van der Waals surface area contributed by atoms with Gasteiger partial charge in [0.05, 0.1) is 29.6 Å². The molecule has 0 fully saturated rings. The molecule has 206 valence electrons. The molecule has 0 radical (unpaired) electrons. The Balaban J connectivity index is 1.22. The van der Waals surface area contributed by atoms with Gasteiger partial charge >= 0.3 is 0 Å². The number of para-hydroxylation sites is 1. The van der Waals surface area contributed by atoms with Crippen LogP contribution in [-0.4, -0.2) is 28.3 Å². The number of aryl methyl sites for hydroxylation is 2. The minimum absolute atomic E-state index is 0.0564. The minimum atomic E-state index is -0.245. The summed E-state index contributed by atoms with van der Waals surface area (Å²) < 4.78 is 14.2. The lowest BCUT2D eigenvalue weighted by Crippen LogP contribution is -2.23. The summed E-state index contributed by atoms with van der Waals surface area (Å²) in [6.07, 6.45) is 4.09. The lowest BCUT2D eigenvalue weighted by atomic mass is 9.97. The van der Waals surface area contributed by atoms with E-state index in [1.807, 2.05) is 54.6 Å². The van der Waals surface area contributed by atoms with Crippen molar-refractivity contribution in [2.45, 2.75) is 30.8 Å². The number of nitrogens with one attached hydrogen (secondary N) is 1. The molecule has 3 heterocycles. The lowest BCUT2D eigenvalue weighted by molar-refractivity contribution is -0.113. The van der Waals surface area contributed by atoms with Gasteiger partial charge in [0.25, 0.3) is 5.56 Å². The maximum atomic E-state index is 14.0. The van der Waals surface area contributed by atoms with Gasteiger partial charge in [-0.05, 0) is 67.6 Å². The number of fused-ring (bicyclic) bond motifs is 6. The van der Waals surface area contributed by atoms with Crippen molar-refractivity contribution in [1.29, 1.82) is 0 Å². The number of rotatable bonds is 6. The topological polar surface area (TPSA) is 86.4 Å². The van der Waals surface area contributed by atoms with Crippen LogP contribution < -0.4 is 15.6 Å². The number of aromatic nitrogens is 2. The number of carbonyl (C=O) groups is 1. The summed E-state index contributed by atoms with van der Waals surface area (Å²) >= 11 is 6.33. The quantitative estimate of drug-likeness (QED) is 0.147. The SMILES string of the molecule is COc1cc2c(cc1NC(=O)CSc1nc3sc4c(c3c(=O)n1-c1ccc(Br)cc1)CCCC4)oc1ccccc12. The van der Waals surface area contributed by atoms with Crippen LogP contribution in [0.15, 0.2) is 79.5 Å². The molecule has 0 saturated heterocycles. The number of thiophene rings is 1. The molecule has 6 aromatic rings. The van der Waals surface area contributed by atoms with E-state index in [2.05, 4.69) is 21.2 Å². The number of anilines is 1. The summed E-state index contributed by atoms with van der Waals surface area (Å²) in [6.45, 7) is 0. The van der Waals surface area contributed by atoms with Gasteiger partial charge in [-0.2, -0.15) is 0 Å². The first-order valence-corrected chi connectivity index (χ1v) is 15.8. The van der Waals surface area contributed by atoms with E-state index < -0.39 is 0 Å². The van der Waals surface area contributed by atoms with Crippen molar-refractivity contribution in [1.82, 2.24) is 9.55 Å². The Morgan fingerprint density at radius 3 is 2.73 bits per heavy atom. The third kappa shape index (κ3) is 4.73. The second-order valence-corrected chi connectivity index (χ2v) is 12.8. The molecule has 0 unspecified atom stereocenters. The van der Waals surface area contributed by atoms with E-state index in [0.717, 1.165) is 56.9 Å². The third-order valence-corrected chi connectivity index (χ3v) is 10.0. The van der Waals surface area contributed by atoms with E-state index in [4.69, 9.17) is 14.1 Å². The molecule has 0 atom stereocenters. The molecule has 1 aliphatic carbocycles. The molecule has 0 spiro atoms. The number of benzene rings is 3. The largest absolute Gasteiger partial charge is 0.495 e. The van der Waals surface area contributed by atoms with Crippen LogP contribution in [0.4, 0.5) is 5.69 Å². The number of thioether (sulfide) groups is 1. The molecule has 7 rings (SSSR count). The molecule has 1 N–H and O–H groups in total. The lowest BCUT2D eigenvalue weighted by Gasteiger charge is -2.14. The van der Waals surface area contributed by atoms with Crippen molar-refractivity contribution in [2.75, 3.05) is 18.2 Å². The predicted molar refractivity (Wildman–Crippen MR) is 169 cm³/mol. The van der Waals surface area contributed by atoms with E-state index in [1.54, 1.807) is 29.1 Å². The first-order chi connectivity index (χ1) is 20.0. The number of furan rings is 1. The van der Waals surface area contributed by atoms with Gasteiger partial charge in [-0.3, -0.25) is 14.2 Å². The highest BCUT2D eigenvalue weighted by Gasteiger charge is 2.23. The Morgan fingerprint density at radius 1 is 1.10 bits per heavy atom. The number of methoxy groups -OCH3 is 1. The van der Waals surface area contributed by atoms with Crippen molar-refractivity contribution in [2.24, 2.45) is 0 Å². The van der Waals surface area contributed by atoms with Crippen molar-refractivity contribution in [3.63, 3.8) is 0 Å². The fraction of sp³-hybridized carbons (Fsp3) is 0.194. The molecule has 1 amide bonds. The van der Waals surface area contributed by atoms with Crippen molar-refractivity contribution in [3.05, 3.63) is 85.9 Å². The van der Waals surface area contributed by atoms with E-state index in [0.29, 0.717) is 33.2 Å². The zero-order valence-electron chi connectivity index (χ0n) is 22.0. The van der Waals surface area contributed by atoms with Crippen LogP contribution in [-0.2, 0) is 17.6 Å². The molecule has 0 saturated carbocycles. The first kappa shape index (κ1) is 26.3. The molecule has 41 heavy (non-hydrogen) atoms. The van der Waals surface area contributed by atoms with Gasteiger partial charge < -0.3 is 14.5 Å². The van der Waals surface area contributed by atoms with Crippen LogP contribution in [0.5, 0.6) is 5.75 Å². The Kier molecular flexibility index (Phi) is 6.84. The number of hydrogen-bond donors (Lipinski definition) is 1. The standard InChI is InChI=1S/C31H24BrN3O4S2/c1-38-25-14-21-19-6-2-4-8-23(19)39-24(21)15-22(25)33-27(36)16-40-31-34-29-28(20-7-3-5-9-26(20)41-29)30(37)35(31)18-12-10-17(32)11-13-18/h2,4,6,8,10-15H,3,5,7,9,16H2,1H3,(H,33,36). The van der Waals surface area contributed by atoms with Crippen molar-refractivity contribution in [3.8, 4) is 11.4 Å². The highest BCUT2D eigenvalue weighted by Crippen LogP contribution is 2.37. The summed E-state index contributed by atoms with van der Waals surface area (Å²) in [6, 6.07) is 19.0. The maximum Gasteiger partial charge on any atom is 0.267 e. The minimum Gasteiger partial charge on any atom is -0.495 e. The predicted octanol–water partition coefficient (Wildman–Crippen LogP) is 7.73. The number of nitrogens with zero attached hydrogens (tertiary/aromatic N) is 2. The van der Waals surface area contributed by atoms with Crippen LogP contribution in [0.3, 0.4) is 0 Å². The fourth-order valence-electron chi connectivity index (χ4n) is 5.44. The summed E-state index contributed by atoms with van der Waals surface area (Å²) in [4.78, 5) is 34.1. The number of amides is 1. The van der Waals surface area contributed by atoms with Crippen LogP contribution in [0.2, 0.25) is 0 Å². The number of ether oxygens (including phenoxy) is 1. The van der Waals surface area contributed by atoms with Gasteiger partial charge in [-0.25, -0.2) is 4.98 Å². The summed E-state index contributed by atoms with van der Waals surface area (Å²) in [5, 5.41) is 6.06. The fourth-order valence-corrected chi connectivity index (χ4v) is 7.81. The van der Waals surface area contributed by atoms with E-state index in [9.17, 15) is 9.59 Å². The Bertz CT molecular complexity index is 2030. The Labute approximate surface area is 251 Å². The summed E-state index contributed by atoms with van der Waals surface area (Å²) in [5.41, 5.74) is 3.71. The zero-order valence-corrected chi connectivity index (χ0v) is 25.2. The van der Waals surface area contributed by atoms with Crippen molar-refractivity contribution < 1.29 is 13.9 Å². The van der Waals surface area contributed by atoms with Gasteiger partial charge in [0.15, 0.2) is 5.16 Å². The number of halogens is 1. The first-order valence-electron chi connectivity index (χ1n) is 13.3. The third-order valence-electron chi connectivity index (χ3n) is 7.35. The zero-order chi connectivity index (χ0) is 28.1. The van der Waals surface area contributed by atoms with Crippen molar-refractivity contribution >= 4 is 82.8 Å². The van der Waals surface area contributed by atoms with Gasteiger partial charge in [0.2, 0.25) is 5.91 Å². The number of hydrogen-bond acceptors (Lipinski definition) is 7. The molecule has 7 nitrogen and oxygen atoms in total. The average molecular weight is 647 g/mol. The van der Waals surface area contributed by atoms with Gasteiger partial charge in [-0.15, -0.1) is 11.3 Å². The van der Waals surface area contributed by atoms with Crippen LogP contribution >= 0.6 is 39.0 Å². The smallest absolute Gasteiger partial charge is 0.267 e. The summed E-state index contributed by atoms with van der Waals surface area (Å²) in [5.74, 6) is 0.352. The Morgan fingerprint density at radius 2 is 1.90 bits per heavy atom. The highest BCUT2D eigenvalue weighted by molar-refractivity contribution is 9.10. The van der Waals surface area contributed by atoms with Gasteiger partial charge in [-0.1, -0.05) is 45.9 Å². The normalized spacial score (nSPS) is 13.1. The van der Waals surface area contributed by atoms with E-state index in [1.165, 1.54) is 16.6 Å². The molecule has 10 heteroatoms. The second-order valence-electron chi connectivity index (χ2n) is 9.89. The summed E-state index contributed by atoms with van der Waals surface area (Å²) in [7, 11) is 1.57. The van der Waals surface area contributed by atoms with Gasteiger partial charge in [0.1, 0.15) is 21.7 Å². The molecule has 1 aliphatic rings. The molecule has 0 bridgehead atoms. The molecule has 0 aliphatic heterocycles. The number of carbonyl (C=O) groups excluding carboxylic acids is 1. The molecule has 3 aromatic carbocycles.